The Morgan fingerprint density at radius 2 is 1.90 bits per heavy atom. The number of fused-ring (bicyclic) bond motifs is 1. The molecule has 0 N–H and O–H groups in total. The van der Waals surface area contributed by atoms with Crippen molar-refractivity contribution in [3.05, 3.63) is 36.6 Å². The average molecular weight is 344 g/mol. The van der Waals surface area contributed by atoms with Crippen LogP contribution in [-0.4, -0.2) is 19.1 Å². The van der Waals surface area contributed by atoms with Gasteiger partial charge < -0.3 is 13.9 Å². The van der Waals surface area contributed by atoms with Crippen molar-refractivity contribution < 1.29 is 18.8 Å². The molecule has 8 heteroatoms. The highest BCUT2D eigenvalue weighted by atomic mass is 79.9. The minimum Gasteiger partial charge on any atom is -0.490 e. The van der Waals surface area contributed by atoms with Crippen LogP contribution in [-0.2, 0) is 0 Å². The summed E-state index contributed by atoms with van der Waals surface area (Å²) < 4.78 is 15.5. The van der Waals surface area contributed by atoms with Gasteiger partial charge in [-0.2, -0.15) is 0 Å². The maximum atomic E-state index is 11.7. The van der Waals surface area contributed by atoms with Gasteiger partial charge in [-0.15, -0.1) is 0 Å². The van der Waals surface area contributed by atoms with Crippen molar-refractivity contribution in [2.75, 3.05) is 14.2 Å². The predicted octanol–water partition coefficient (Wildman–Crippen LogP) is 2.79. The largest absolute Gasteiger partial charge is 0.490 e. The van der Waals surface area contributed by atoms with E-state index in [1.165, 1.54) is 20.3 Å². The molecule has 0 unspecified atom stereocenters. The van der Waals surface area contributed by atoms with Gasteiger partial charge in [0.25, 0.3) is 0 Å². The van der Waals surface area contributed by atoms with Crippen LogP contribution in [0.3, 0.4) is 0 Å². The van der Waals surface area contributed by atoms with Crippen LogP contribution < -0.4 is 15.1 Å². The Hall–Kier alpha value is -2.09. The van der Waals surface area contributed by atoms with Crippen molar-refractivity contribution in [1.29, 1.82) is 0 Å². The van der Waals surface area contributed by atoms with Gasteiger partial charge in [0.05, 0.1) is 19.1 Å². The molecule has 0 atom stereocenters. The summed E-state index contributed by atoms with van der Waals surface area (Å²) >= 11 is 3.10. The molecule has 2 aromatic rings. The van der Waals surface area contributed by atoms with Gasteiger partial charge >= 0.3 is 11.3 Å². The quantitative estimate of drug-likeness (QED) is 0.483. The predicted molar refractivity (Wildman–Crippen MR) is 74.7 cm³/mol. The zero-order valence-electron chi connectivity index (χ0n) is 10.9. The standard InChI is InChI=1S/C12H10BrNO6/c1-5-6-4-7(14(16)17)10(18-2)11(19-3)9(6)20-12(15)8(5)13/h4H,1-3H3. The van der Waals surface area contributed by atoms with Crippen LogP contribution in [0.15, 0.2) is 19.8 Å². The maximum Gasteiger partial charge on any atom is 0.351 e. The molecule has 106 valence electrons. The summed E-state index contributed by atoms with van der Waals surface area (Å²) in [5, 5.41) is 11.5. The fraction of sp³-hybridized carbons (Fsp3) is 0.250. The number of hydrogen-bond acceptors (Lipinski definition) is 6. The second kappa shape index (κ2) is 5.12. The number of halogens is 1. The molecule has 0 radical (unpaired) electrons. The van der Waals surface area contributed by atoms with E-state index in [-0.39, 0.29) is 27.2 Å². The number of nitrogens with zero attached hydrogens (tertiary/aromatic N) is 1. The van der Waals surface area contributed by atoms with Crippen LogP contribution >= 0.6 is 15.9 Å². The highest BCUT2D eigenvalue weighted by molar-refractivity contribution is 9.10. The van der Waals surface area contributed by atoms with E-state index in [0.29, 0.717) is 10.9 Å². The van der Waals surface area contributed by atoms with Gasteiger partial charge in [-0.05, 0) is 28.4 Å². The number of ether oxygens (including phenoxy) is 2. The van der Waals surface area contributed by atoms with Gasteiger partial charge in [0.2, 0.25) is 11.5 Å². The molecule has 0 saturated heterocycles. The summed E-state index contributed by atoms with van der Waals surface area (Å²) in [6.45, 7) is 1.65. The molecule has 1 aromatic carbocycles. The fourth-order valence-electron chi connectivity index (χ4n) is 1.92. The molecule has 0 aliphatic rings. The Balaban J connectivity index is 3.07. The van der Waals surface area contributed by atoms with E-state index in [4.69, 9.17) is 13.9 Å². The number of aryl methyl sites for hydroxylation is 1. The molecule has 0 fully saturated rings. The van der Waals surface area contributed by atoms with Gasteiger partial charge in [0.15, 0.2) is 5.58 Å². The third kappa shape index (κ3) is 2.01. The third-order valence-electron chi connectivity index (χ3n) is 2.88. The number of benzene rings is 1. The normalized spacial score (nSPS) is 10.6. The van der Waals surface area contributed by atoms with Crippen LogP contribution in [0.1, 0.15) is 5.56 Å². The minimum absolute atomic E-state index is 0.0180. The van der Waals surface area contributed by atoms with E-state index >= 15 is 0 Å². The summed E-state index contributed by atoms with van der Waals surface area (Å²) in [6.07, 6.45) is 0. The second-order valence-electron chi connectivity index (χ2n) is 3.92. The van der Waals surface area contributed by atoms with Crippen LogP contribution in [0, 0.1) is 17.0 Å². The smallest absolute Gasteiger partial charge is 0.351 e. The van der Waals surface area contributed by atoms with E-state index in [9.17, 15) is 14.9 Å². The molecule has 2 rings (SSSR count). The first-order valence-electron chi connectivity index (χ1n) is 5.44. The van der Waals surface area contributed by atoms with Crippen molar-refractivity contribution in [3.8, 4) is 11.5 Å². The van der Waals surface area contributed by atoms with Gasteiger partial charge in [-0.1, -0.05) is 0 Å². The molecule has 0 bridgehead atoms. The maximum absolute atomic E-state index is 11.7. The first-order chi connectivity index (χ1) is 9.42. The zero-order chi connectivity index (χ0) is 15.0. The average Bonchev–Trinajstić information content (AvgIpc) is 2.42. The number of methoxy groups -OCH3 is 2. The second-order valence-corrected chi connectivity index (χ2v) is 4.72. The first kappa shape index (κ1) is 14.3. The summed E-state index contributed by atoms with van der Waals surface area (Å²) in [5.41, 5.74) is -0.217. The summed E-state index contributed by atoms with van der Waals surface area (Å²) in [4.78, 5) is 22.2. The molecule has 0 amide bonds. The van der Waals surface area contributed by atoms with Gasteiger partial charge in [0.1, 0.15) is 4.47 Å². The van der Waals surface area contributed by atoms with Crippen molar-refractivity contribution >= 4 is 32.6 Å². The lowest BCUT2D eigenvalue weighted by Gasteiger charge is -2.11. The van der Waals surface area contributed by atoms with Crippen LogP contribution in [0.25, 0.3) is 11.0 Å². The van der Waals surface area contributed by atoms with Crippen LogP contribution in [0.2, 0.25) is 0 Å². The molecule has 0 aliphatic carbocycles. The zero-order valence-corrected chi connectivity index (χ0v) is 12.4. The van der Waals surface area contributed by atoms with E-state index in [2.05, 4.69) is 15.9 Å². The highest BCUT2D eigenvalue weighted by Gasteiger charge is 2.26. The topological polar surface area (TPSA) is 91.8 Å². The lowest BCUT2D eigenvalue weighted by molar-refractivity contribution is -0.385. The number of nitro benzene ring substituents is 1. The Morgan fingerprint density at radius 1 is 1.30 bits per heavy atom. The number of hydrogen-bond donors (Lipinski definition) is 0. The summed E-state index contributed by atoms with van der Waals surface area (Å²) in [5.74, 6) is -0.0701. The Labute approximate surface area is 121 Å². The lowest BCUT2D eigenvalue weighted by Crippen LogP contribution is -2.05. The van der Waals surface area contributed by atoms with Gasteiger partial charge in [-0.25, -0.2) is 4.79 Å². The molecule has 1 aromatic heterocycles. The number of rotatable bonds is 3. The molecule has 1 heterocycles. The van der Waals surface area contributed by atoms with Crippen LogP contribution in [0.4, 0.5) is 5.69 Å². The van der Waals surface area contributed by atoms with Crippen LogP contribution in [0.5, 0.6) is 11.5 Å². The van der Waals surface area contributed by atoms with Crippen molar-refractivity contribution in [3.63, 3.8) is 0 Å². The van der Waals surface area contributed by atoms with E-state index < -0.39 is 10.5 Å². The van der Waals surface area contributed by atoms with E-state index in [1.807, 2.05) is 0 Å². The van der Waals surface area contributed by atoms with Gasteiger partial charge in [0, 0.05) is 11.5 Å². The van der Waals surface area contributed by atoms with Gasteiger partial charge in [-0.3, -0.25) is 10.1 Å². The Bertz CT molecular complexity index is 767. The SMILES string of the molecule is COc1c([N+](=O)[O-])cc2c(C)c(Br)c(=O)oc2c1OC. The third-order valence-corrected chi connectivity index (χ3v) is 3.80. The molecule has 0 aliphatic heterocycles. The van der Waals surface area contributed by atoms with E-state index in [0.717, 1.165) is 0 Å². The van der Waals surface area contributed by atoms with Crippen molar-refractivity contribution in [1.82, 2.24) is 0 Å². The lowest BCUT2D eigenvalue weighted by atomic mass is 10.1. The minimum atomic E-state index is -0.593. The highest BCUT2D eigenvalue weighted by Crippen LogP contribution is 2.44. The molecular formula is C12H10BrNO6. The summed E-state index contributed by atoms with van der Waals surface area (Å²) in [6, 6.07) is 1.29. The first-order valence-corrected chi connectivity index (χ1v) is 6.24. The fourth-order valence-corrected chi connectivity index (χ4v) is 2.21. The molecule has 0 spiro atoms. The molecule has 7 nitrogen and oxygen atoms in total. The molecule has 20 heavy (non-hydrogen) atoms. The monoisotopic (exact) mass is 343 g/mol. The Morgan fingerprint density at radius 3 is 2.40 bits per heavy atom. The summed E-state index contributed by atoms with van der Waals surface area (Å²) in [7, 11) is 2.60. The number of nitro groups is 1. The van der Waals surface area contributed by atoms with E-state index in [1.54, 1.807) is 6.92 Å². The van der Waals surface area contributed by atoms with Crippen molar-refractivity contribution in [2.24, 2.45) is 0 Å². The van der Waals surface area contributed by atoms with Crippen molar-refractivity contribution in [2.45, 2.75) is 6.92 Å². The molecular weight excluding hydrogens is 334 g/mol. The Kier molecular flexibility index (Phi) is 3.67. The molecule has 0 saturated carbocycles.